The minimum atomic E-state index is 0.111. The molecule has 1 rings (SSSR count). The van der Waals surface area contributed by atoms with E-state index in [1.165, 1.54) is 0 Å². The summed E-state index contributed by atoms with van der Waals surface area (Å²) in [6, 6.07) is 5.39. The summed E-state index contributed by atoms with van der Waals surface area (Å²) in [5.41, 5.74) is 1.01. The van der Waals surface area contributed by atoms with E-state index in [1.54, 1.807) is 13.2 Å². The number of methoxy groups -OCH3 is 1. The van der Waals surface area contributed by atoms with Crippen LogP contribution in [-0.4, -0.2) is 43.2 Å². The molecule has 0 radical (unpaired) electrons. The fourth-order valence-corrected chi connectivity index (χ4v) is 1.80. The number of hydrogen-bond donors (Lipinski definition) is 3. The Balaban J connectivity index is 2.58. The van der Waals surface area contributed by atoms with Gasteiger partial charge >= 0.3 is 0 Å². The second kappa shape index (κ2) is 8.74. The maximum Gasteiger partial charge on any atom is 0.161 e. The van der Waals surface area contributed by atoms with Gasteiger partial charge < -0.3 is 25.0 Å². The molecular formula is C14H23NO4. The SMILES string of the molecule is CCOc1cc(CNC(CCO)COC)ccc1O. The number of ether oxygens (including phenoxy) is 2. The van der Waals surface area contributed by atoms with Crippen molar-refractivity contribution >= 4 is 0 Å². The summed E-state index contributed by atoms with van der Waals surface area (Å²) in [7, 11) is 1.64. The van der Waals surface area contributed by atoms with Crippen LogP contribution >= 0.6 is 0 Å². The van der Waals surface area contributed by atoms with Gasteiger partial charge in [-0.1, -0.05) is 6.07 Å². The molecule has 0 aliphatic rings. The zero-order valence-electron chi connectivity index (χ0n) is 11.6. The number of benzene rings is 1. The minimum absolute atomic E-state index is 0.111. The van der Waals surface area contributed by atoms with E-state index in [9.17, 15) is 5.11 Å². The van der Waals surface area contributed by atoms with Crippen LogP contribution in [0.1, 0.15) is 18.9 Å². The maximum absolute atomic E-state index is 9.61. The highest BCUT2D eigenvalue weighted by atomic mass is 16.5. The summed E-state index contributed by atoms with van der Waals surface area (Å²) in [4.78, 5) is 0. The topological polar surface area (TPSA) is 71.0 Å². The van der Waals surface area contributed by atoms with Gasteiger partial charge in [-0.05, 0) is 31.0 Å². The minimum Gasteiger partial charge on any atom is -0.504 e. The average molecular weight is 269 g/mol. The normalized spacial score (nSPS) is 12.4. The average Bonchev–Trinajstić information content (AvgIpc) is 2.40. The lowest BCUT2D eigenvalue weighted by atomic mass is 10.1. The third kappa shape index (κ3) is 5.46. The molecule has 19 heavy (non-hydrogen) atoms. The Morgan fingerprint density at radius 1 is 1.37 bits per heavy atom. The highest BCUT2D eigenvalue weighted by Gasteiger charge is 2.08. The maximum atomic E-state index is 9.61. The first-order valence-corrected chi connectivity index (χ1v) is 6.49. The van der Waals surface area contributed by atoms with Crippen molar-refractivity contribution < 1.29 is 19.7 Å². The molecule has 0 fully saturated rings. The monoisotopic (exact) mass is 269 g/mol. The molecule has 0 heterocycles. The highest BCUT2D eigenvalue weighted by Crippen LogP contribution is 2.26. The Kier molecular flexibility index (Phi) is 7.25. The van der Waals surface area contributed by atoms with Crippen LogP contribution in [0.3, 0.4) is 0 Å². The van der Waals surface area contributed by atoms with Gasteiger partial charge in [0, 0.05) is 26.3 Å². The molecule has 0 aliphatic carbocycles. The number of rotatable bonds is 9. The van der Waals surface area contributed by atoms with Crippen LogP contribution in [0, 0.1) is 0 Å². The fraction of sp³-hybridized carbons (Fsp3) is 0.571. The van der Waals surface area contributed by atoms with Gasteiger partial charge in [-0.15, -0.1) is 0 Å². The molecule has 0 saturated heterocycles. The van der Waals surface area contributed by atoms with Crippen molar-refractivity contribution in [3.63, 3.8) is 0 Å². The van der Waals surface area contributed by atoms with E-state index in [4.69, 9.17) is 14.6 Å². The van der Waals surface area contributed by atoms with E-state index in [0.717, 1.165) is 5.56 Å². The number of aliphatic hydroxyl groups excluding tert-OH is 1. The first-order valence-electron chi connectivity index (χ1n) is 6.49. The Labute approximate surface area is 114 Å². The number of hydrogen-bond acceptors (Lipinski definition) is 5. The molecule has 1 aromatic carbocycles. The Morgan fingerprint density at radius 2 is 2.16 bits per heavy atom. The van der Waals surface area contributed by atoms with Gasteiger partial charge in [0.15, 0.2) is 11.5 Å². The Morgan fingerprint density at radius 3 is 2.79 bits per heavy atom. The summed E-state index contributed by atoms with van der Waals surface area (Å²) in [6.07, 6.45) is 0.643. The van der Waals surface area contributed by atoms with E-state index in [1.807, 2.05) is 19.1 Å². The number of aliphatic hydroxyl groups is 1. The largest absolute Gasteiger partial charge is 0.504 e. The predicted molar refractivity (Wildman–Crippen MR) is 73.5 cm³/mol. The van der Waals surface area contributed by atoms with Crippen LogP contribution < -0.4 is 10.1 Å². The van der Waals surface area contributed by atoms with E-state index in [-0.39, 0.29) is 18.4 Å². The van der Waals surface area contributed by atoms with E-state index in [2.05, 4.69) is 5.32 Å². The van der Waals surface area contributed by atoms with Crippen molar-refractivity contribution in [3.8, 4) is 11.5 Å². The molecule has 5 heteroatoms. The summed E-state index contributed by atoms with van der Waals surface area (Å²) in [6.45, 7) is 3.70. The lowest BCUT2D eigenvalue weighted by Crippen LogP contribution is -2.33. The van der Waals surface area contributed by atoms with Crippen LogP contribution in [0.2, 0.25) is 0 Å². The Bertz CT molecular complexity index is 364. The molecule has 3 N–H and O–H groups in total. The fourth-order valence-electron chi connectivity index (χ4n) is 1.80. The van der Waals surface area contributed by atoms with Gasteiger partial charge in [0.05, 0.1) is 13.2 Å². The van der Waals surface area contributed by atoms with Gasteiger partial charge in [-0.3, -0.25) is 0 Å². The van der Waals surface area contributed by atoms with Crippen molar-refractivity contribution in [3.05, 3.63) is 23.8 Å². The third-order valence-electron chi connectivity index (χ3n) is 2.76. The van der Waals surface area contributed by atoms with E-state index >= 15 is 0 Å². The van der Waals surface area contributed by atoms with E-state index < -0.39 is 0 Å². The molecule has 1 unspecified atom stereocenters. The molecule has 5 nitrogen and oxygen atoms in total. The summed E-state index contributed by atoms with van der Waals surface area (Å²) < 4.78 is 10.4. The molecule has 0 amide bonds. The quantitative estimate of drug-likeness (QED) is 0.630. The third-order valence-corrected chi connectivity index (χ3v) is 2.76. The number of aromatic hydroxyl groups is 1. The number of nitrogens with one attached hydrogen (secondary N) is 1. The molecule has 0 aromatic heterocycles. The van der Waals surface area contributed by atoms with Gasteiger partial charge in [-0.25, -0.2) is 0 Å². The molecule has 1 aromatic rings. The van der Waals surface area contributed by atoms with Crippen molar-refractivity contribution in [2.24, 2.45) is 0 Å². The first-order chi connectivity index (χ1) is 9.21. The Hall–Kier alpha value is -1.30. The summed E-state index contributed by atoms with van der Waals surface area (Å²) in [5, 5.41) is 21.9. The van der Waals surface area contributed by atoms with Gasteiger partial charge in [-0.2, -0.15) is 0 Å². The van der Waals surface area contributed by atoms with Crippen molar-refractivity contribution in [2.45, 2.75) is 25.9 Å². The molecule has 108 valence electrons. The van der Waals surface area contributed by atoms with Crippen molar-refractivity contribution in [2.75, 3.05) is 26.9 Å². The lowest BCUT2D eigenvalue weighted by Gasteiger charge is -2.17. The number of phenolic OH excluding ortho intramolecular Hbond substituents is 1. The smallest absolute Gasteiger partial charge is 0.161 e. The molecule has 0 aliphatic heterocycles. The molecule has 1 atom stereocenters. The van der Waals surface area contributed by atoms with Crippen LogP contribution in [0.4, 0.5) is 0 Å². The zero-order valence-corrected chi connectivity index (χ0v) is 11.6. The van der Waals surface area contributed by atoms with Gasteiger partial charge in [0.1, 0.15) is 0 Å². The summed E-state index contributed by atoms with van der Waals surface area (Å²) in [5.74, 6) is 0.640. The second-order valence-electron chi connectivity index (χ2n) is 4.28. The highest BCUT2D eigenvalue weighted by molar-refractivity contribution is 5.41. The van der Waals surface area contributed by atoms with Crippen LogP contribution in [-0.2, 0) is 11.3 Å². The predicted octanol–water partition coefficient (Wildman–Crippen LogP) is 1.28. The molecule has 0 bridgehead atoms. The number of phenols is 1. The lowest BCUT2D eigenvalue weighted by molar-refractivity contribution is 0.148. The van der Waals surface area contributed by atoms with Crippen LogP contribution in [0.15, 0.2) is 18.2 Å². The molecular weight excluding hydrogens is 246 g/mol. The van der Waals surface area contributed by atoms with Crippen LogP contribution in [0.25, 0.3) is 0 Å². The standard InChI is InChI=1S/C14H23NO4/c1-3-19-14-8-11(4-5-13(14)17)9-15-12(6-7-16)10-18-2/h4-5,8,12,15-17H,3,6-7,9-10H2,1-2H3. The summed E-state index contributed by atoms with van der Waals surface area (Å²) >= 11 is 0. The molecule has 0 saturated carbocycles. The van der Waals surface area contributed by atoms with Crippen molar-refractivity contribution in [1.29, 1.82) is 0 Å². The second-order valence-corrected chi connectivity index (χ2v) is 4.28. The van der Waals surface area contributed by atoms with Crippen molar-refractivity contribution in [1.82, 2.24) is 5.32 Å². The molecule has 0 spiro atoms. The van der Waals surface area contributed by atoms with Gasteiger partial charge in [0.2, 0.25) is 0 Å². The first kappa shape index (κ1) is 15.8. The van der Waals surface area contributed by atoms with Crippen LogP contribution in [0.5, 0.6) is 11.5 Å². The zero-order chi connectivity index (χ0) is 14.1. The van der Waals surface area contributed by atoms with Gasteiger partial charge in [0.25, 0.3) is 0 Å². The van der Waals surface area contributed by atoms with E-state index in [0.29, 0.717) is 31.9 Å².